The number of nitrogens with zero attached hydrogens (tertiary/aromatic N) is 1. The lowest BCUT2D eigenvalue weighted by molar-refractivity contribution is -0.385. The Hall–Kier alpha value is -1.93. The molecule has 0 amide bonds. The zero-order chi connectivity index (χ0) is 14.6. The molecule has 1 aromatic rings. The molecule has 20 heavy (non-hydrogen) atoms. The standard InChI is InChI=1S/C11H13FN2O5.ClH/c1-2-19-11(16)9(12)10(13)6-3-4-8(15)7(5-6)14(17)18;/h3-5,9-10,15H,2,13H2,1H3;1H/t9?,10-;/m0./s1. The van der Waals surface area contributed by atoms with Gasteiger partial charge in [-0.2, -0.15) is 0 Å². The quantitative estimate of drug-likeness (QED) is 0.485. The van der Waals surface area contributed by atoms with E-state index in [1.807, 2.05) is 0 Å². The highest BCUT2D eigenvalue weighted by molar-refractivity contribution is 5.85. The van der Waals surface area contributed by atoms with Gasteiger partial charge in [0.05, 0.1) is 17.6 Å². The predicted molar refractivity (Wildman–Crippen MR) is 70.5 cm³/mol. The van der Waals surface area contributed by atoms with Crippen molar-refractivity contribution in [3.63, 3.8) is 0 Å². The number of nitrogens with two attached hydrogens (primary N) is 1. The van der Waals surface area contributed by atoms with Gasteiger partial charge in [-0.05, 0) is 18.6 Å². The summed E-state index contributed by atoms with van der Waals surface area (Å²) in [5, 5.41) is 19.9. The van der Waals surface area contributed by atoms with E-state index in [9.17, 15) is 24.4 Å². The van der Waals surface area contributed by atoms with E-state index in [0.717, 1.165) is 12.1 Å². The molecule has 7 nitrogen and oxygen atoms in total. The Labute approximate surface area is 120 Å². The lowest BCUT2D eigenvalue weighted by Gasteiger charge is -2.15. The van der Waals surface area contributed by atoms with Gasteiger partial charge in [0.1, 0.15) is 0 Å². The minimum Gasteiger partial charge on any atom is -0.502 e. The third-order valence-corrected chi connectivity index (χ3v) is 2.41. The number of alkyl halides is 1. The van der Waals surface area contributed by atoms with Crippen molar-refractivity contribution in [2.45, 2.75) is 19.1 Å². The first kappa shape index (κ1) is 18.1. The van der Waals surface area contributed by atoms with Crippen LogP contribution in [0.1, 0.15) is 18.5 Å². The first-order valence-corrected chi connectivity index (χ1v) is 5.42. The van der Waals surface area contributed by atoms with Gasteiger partial charge in [-0.1, -0.05) is 6.07 Å². The van der Waals surface area contributed by atoms with Gasteiger partial charge < -0.3 is 15.6 Å². The average Bonchev–Trinajstić information content (AvgIpc) is 2.37. The van der Waals surface area contributed by atoms with E-state index < -0.39 is 34.5 Å². The van der Waals surface area contributed by atoms with Gasteiger partial charge in [0.2, 0.25) is 6.17 Å². The van der Waals surface area contributed by atoms with E-state index in [4.69, 9.17) is 5.73 Å². The fourth-order valence-electron chi connectivity index (χ4n) is 1.43. The van der Waals surface area contributed by atoms with E-state index in [1.165, 1.54) is 13.0 Å². The number of carbonyl (C=O) groups excluding carboxylic acids is 1. The van der Waals surface area contributed by atoms with Crippen molar-refractivity contribution < 1.29 is 24.0 Å². The van der Waals surface area contributed by atoms with E-state index in [-0.39, 0.29) is 24.6 Å². The first-order chi connectivity index (χ1) is 8.88. The van der Waals surface area contributed by atoms with Crippen molar-refractivity contribution in [1.29, 1.82) is 0 Å². The minimum absolute atomic E-state index is 0. The number of rotatable bonds is 5. The summed E-state index contributed by atoms with van der Waals surface area (Å²) in [6.45, 7) is 1.52. The number of nitro benzene ring substituents is 1. The number of hydrogen-bond acceptors (Lipinski definition) is 6. The zero-order valence-electron chi connectivity index (χ0n) is 10.5. The molecule has 0 spiro atoms. The molecule has 112 valence electrons. The lowest BCUT2D eigenvalue weighted by Crippen LogP contribution is -2.31. The maximum absolute atomic E-state index is 13.7. The lowest BCUT2D eigenvalue weighted by atomic mass is 10.0. The van der Waals surface area contributed by atoms with Crippen LogP contribution in [0.4, 0.5) is 10.1 Å². The summed E-state index contributed by atoms with van der Waals surface area (Å²) in [7, 11) is 0. The molecule has 0 heterocycles. The second-order valence-electron chi connectivity index (χ2n) is 3.68. The second kappa shape index (κ2) is 7.61. The maximum atomic E-state index is 13.7. The summed E-state index contributed by atoms with van der Waals surface area (Å²) in [5.41, 5.74) is 4.92. The molecule has 3 N–H and O–H groups in total. The third kappa shape index (κ3) is 4.04. The van der Waals surface area contributed by atoms with Crippen molar-refractivity contribution in [2.75, 3.05) is 6.61 Å². The van der Waals surface area contributed by atoms with Crippen LogP contribution in [0.2, 0.25) is 0 Å². The topological polar surface area (TPSA) is 116 Å². The van der Waals surface area contributed by atoms with Gasteiger partial charge in [-0.3, -0.25) is 10.1 Å². The van der Waals surface area contributed by atoms with Crippen LogP contribution < -0.4 is 5.73 Å². The Morgan fingerprint density at radius 3 is 2.70 bits per heavy atom. The fourth-order valence-corrected chi connectivity index (χ4v) is 1.43. The van der Waals surface area contributed by atoms with Gasteiger partial charge >= 0.3 is 11.7 Å². The Kier molecular flexibility index (Phi) is 6.87. The Bertz CT molecular complexity index is 500. The molecule has 0 fully saturated rings. The largest absolute Gasteiger partial charge is 0.502 e. The predicted octanol–water partition coefficient (Wildman–Crippen LogP) is 1.62. The molecule has 0 aromatic heterocycles. The minimum atomic E-state index is -2.14. The number of esters is 1. The first-order valence-electron chi connectivity index (χ1n) is 5.42. The normalized spacial score (nSPS) is 12.9. The van der Waals surface area contributed by atoms with Crippen LogP contribution in [0.15, 0.2) is 18.2 Å². The Morgan fingerprint density at radius 1 is 1.60 bits per heavy atom. The molecule has 0 radical (unpaired) electrons. The molecule has 1 unspecified atom stereocenters. The van der Waals surface area contributed by atoms with Crippen molar-refractivity contribution in [2.24, 2.45) is 5.73 Å². The number of benzene rings is 1. The number of hydrogen-bond donors (Lipinski definition) is 2. The van der Waals surface area contributed by atoms with E-state index in [1.54, 1.807) is 0 Å². The Morgan fingerprint density at radius 2 is 2.20 bits per heavy atom. The van der Waals surface area contributed by atoms with Crippen LogP contribution in [0.25, 0.3) is 0 Å². The summed E-state index contributed by atoms with van der Waals surface area (Å²) in [6, 6.07) is 1.74. The molecule has 0 saturated heterocycles. The number of carbonyl (C=O) groups is 1. The van der Waals surface area contributed by atoms with Crippen molar-refractivity contribution in [3.8, 4) is 5.75 Å². The monoisotopic (exact) mass is 308 g/mol. The summed E-state index contributed by atoms with van der Waals surface area (Å²) in [4.78, 5) is 21.0. The van der Waals surface area contributed by atoms with Crippen molar-refractivity contribution in [1.82, 2.24) is 0 Å². The Balaban J connectivity index is 0.00000361. The molecule has 0 aliphatic rings. The SMILES string of the molecule is CCOC(=O)C(F)[C@@H](N)c1ccc(O)c([N+](=O)[O-])c1.Cl. The summed E-state index contributed by atoms with van der Waals surface area (Å²) in [5.74, 6) is -1.70. The number of halogens is 2. The second-order valence-corrected chi connectivity index (χ2v) is 3.68. The van der Waals surface area contributed by atoms with Gasteiger partial charge in [-0.25, -0.2) is 9.18 Å². The van der Waals surface area contributed by atoms with Crippen LogP contribution in [0.5, 0.6) is 5.75 Å². The van der Waals surface area contributed by atoms with Crippen molar-refractivity contribution >= 4 is 24.1 Å². The third-order valence-electron chi connectivity index (χ3n) is 2.41. The van der Waals surface area contributed by atoms with Crippen LogP contribution in [-0.2, 0) is 9.53 Å². The van der Waals surface area contributed by atoms with Gasteiger partial charge in [-0.15, -0.1) is 12.4 Å². The summed E-state index contributed by atoms with van der Waals surface area (Å²) >= 11 is 0. The highest BCUT2D eigenvalue weighted by atomic mass is 35.5. The number of aromatic hydroxyl groups is 1. The molecule has 0 bridgehead atoms. The molecule has 0 saturated carbocycles. The van der Waals surface area contributed by atoms with E-state index in [2.05, 4.69) is 4.74 Å². The van der Waals surface area contributed by atoms with Crippen LogP contribution in [0.3, 0.4) is 0 Å². The van der Waals surface area contributed by atoms with Crippen LogP contribution in [0, 0.1) is 10.1 Å². The number of nitro groups is 1. The molecular weight excluding hydrogens is 295 g/mol. The smallest absolute Gasteiger partial charge is 0.342 e. The molecule has 2 atom stereocenters. The zero-order valence-corrected chi connectivity index (χ0v) is 11.3. The van der Waals surface area contributed by atoms with Crippen LogP contribution >= 0.6 is 12.4 Å². The fraction of sp³-hybridized carbons (Fsp3) is 0.364. The molecule has 1 aromatic carbocycles. The highest BCUT2D eigenvalue weighted by Gasteiger charge is 2.29. The molecule has 1 rings (SSSR count). The molecule has 0 aliphatic carbocycles. The number of phenolic OH excluding ortho intramolecular Hbond substituents is 1. The summed E-state index contributed by atoms with van der Waals surface area (Å²) in [6.07, 6.45) is -2.14. The summed E-state index contributed by atoms with van der Waals surface area (Å²) < 4.78 is 18.1. The number of ether oxygens (including phenoxy) is 1. The van der Waals surface area contributed by atoms with Crippen LogP contribution in [-0.4, -0.2) is 28.8 Å². The maximum Gasteiger partial charge on any atom is 0.342 e. The average molecular weight is 309 g/mol. The molecule has 9 heteroatoms. The molecule has 0 aliphatic heterocycles. The number of phenols is 1. The van der Waals surface area contributed by atoms with Gasteiger partial charge in [0, 0.05) is 6.07 Å². The molecular formula is C11H14ClFN2O5. The van der Waals surface area contributed by atoms with Gasteiger partial charge in [0.25, 0.3) is 0 Å². The van der Waals surface area contributed by atoms with Gasteiger partial charge in [0.15, 0.2) is 5.75 Å². The van der Waals surface area contributed by atoms with E-state index >= 15 is 0 Å². The van der Waals surface area contributed by atoms with Crippen molar-refractivity contribution in [3.05, 3.63) is 33.9 Å². The van der Waals surface area contributed by atoms with E-state index in [0.29, 0.717) is 0 Å². The highest BCUT2D eigenvalue weighted by Crippen LogP contribution is 2.29.